The van der Waals surface area contributed by atoms with Crippen LogP contribution in [-0.4, -0.2) is 53.4 Å². The maximum absolute atomic E-state index is 11.8. The third-order valence-electron chi connectivity index (χ3n) is 3.35. The molecule has 5 nitrogen and oxygen atoms in total. The fourth-order valence-corrected chi connectivity index (χ4v) is 2.14. The highest BCUT2D eigenvalue weighted by Gasteiger charge is 2.11. The normalized spacial score (nSPS) is 10.9. The summed E-state index contributed by atoms with van der Waals surface area (Å²) in [4.78, 5) is 22.8. The number of nitrogens with zero attached hydrogens (tertiary/aromatic N) is 3. The molecule has 0 saturated heterocycles. The van der Waals surface area contributed by atoms with E-state index in [1.165, 1.54) is 5.56 Å². The lowest BCUT2D eigenvalue weighted by Gasteiger charge is -2.15. The van der Waals surface area contributed by atoms with Gasteiger partial charge in [0.05, 0.1) is 0 Å². The Morgan fingerprint density at radius 3 is 2.52 bits per heavy atom. The fraction of sp³-hybridized carbons (Fsp3) is 0.375. The Labute approximate surface area is 125 Å². The maximum atomic E-state index is 11.8. The van der Waals surface area contributed by atoms with Gasteiger partial charge >= 0.3 is 0 Å². The summed E-state index contributed by atoms with van der Waals surface area (Å²) in [5.74, 6) is 0.000638. The van der Waals surface area contributed by atoms with Crippen molar-refractivity contribution in [2.24, 2.45) is 0 Å². The van der Waals surface area contributed by atoms with Crippen LogP contribution < -0.4 is 0 Å². The molecule has 0 spiro atoms. The van der Waals surface area contributed by atoms with Gasteiger partial charge in [0.25, 0.3) is 5.91 Å². The first kappa shape index (κ1) is 15.3. The van der Waals surface area contributed by atoms with E-state index in [2.05, 4.69) is 21.9 Å². The zero-order valence-electron chi connectivity index (χ0n) is 12.8. The number of hydrogen-bond donors (Lipinski definition) is 1. The number of pyridine rings is 1. The van der Waals surface area contributed by atoms with Gasteiger partial charge in [-0.15, -0.1) is 0 Å². The summed E-state index contributed by atoms with van der Waals surface area (Å²) < 4.78 is 0. The van der Waals surface area contributed by atoms with E-state index < -0.39 is 0 Å². The van der Waals surface area contributed by atoms with Crippen LogP contribution in [0.3, 0.4) is 0 Å². The number of carbonyl (C=O) groups excluding carboxylic acids is 1. The van der Waals surface area contributed by atoms with E-state index in [0.717, 1.165) is 25.2 Å². The second-order valence-electron chi connectivity index (χ2n) is 5.44. The first-order valence-corrected chi connectivity index (χ1v) is 7.03. The van der Waals surface area contributed by atoms with Crippen molar-refractivity contribution in [1.82, 2.24) is 19.8 Å². The molecule has 0 aromatic carbocycles. The molecule has 2 aromatic heterocycles. The van der Waals surface area contributed by atoms with E-state index in [9.17, 15) is 4.79 Å². The Morgan fingerprint density at radius 1 is 1.14 bits per heavy atom. The smallest absolute Gasteiger partial charge is 0.269 e. The largest absolute Gasteiger partial charge is 0.353 e. The standard InChI is InChI=1S/C16H22N4O/c1-19(2)16(21)15-5-4-14(18-15)12-20(3)11-8-13-6-9-17-10-7-13/h4-7,9-10,18H,8,11-12H2,1-3H3. The van der Waals surface area contributed by atoms with Gasteiger partial charge in [-0.05, 0) is 43.3 Å². The topological polar surface area (TPSA) is 52.2 Å². The molecular formula is C16H22N4O. The molecule has 2 rings (SSSR count). The van der Waals surface area contributed by atoms with E-state index in [1.807, 2.05) is 36.7 Å². The first-order chi connectivity index (χ1) is 10.1. The van der Waals surface area contributed by atoms with Crippen molar-refractivity contribution >= 4 is 5.91 Å². The van der Waals surface area contributed by atoms with Crippen LogP contribution in [0.25, 0.3) is 0 Å². The number of aromatic amines is 1. The lowest BCUT2D eigenvalue weighted by Crippen LogP contribution is -2.23. The summed E-state index contributed by atoms with van der Waals surface area (Å²) in [7, 11) is 5.59. The van der Waals surface area contributed by atoms with Crippen LogP contribution in [0.15, 0.2) is 36.7 Å². The van der Waals surface area contributed by atoms with Gasteiger partial charge in [0.1, 0.15) is 5.69 Å². The molecule has 0 bridgehead atoms. The molecule has 112 valence electrons. The van der Waals surface area contributed by atoms with Crippen molar-refractivity contribution in [3.05, 3.63) is 53.6 Å². The molecule has 0 fully saturated rings. The molecule has 0 radical (unpaired) electrons. The van der Waals surface area contributed by atoms with Crippen molar-refractivity contribution in [2.45, 2.75) is 13.0 Å². The van der Waals surface area contributed by atoms with E-state index >= 15 is 0 Å². The van der Waals surface area contributed by atoms with Gasteiger partial charge < -0.3 is 14.8 Å². The van der Waals surface area contributed by atoms with Crippen molar-refractivity contribution < 1.29 is 4.79 Å². The molecule has 1 amide bonds. The monoisotopic (exact) mass is 286 g/mol. The summed E-state index contributed by atoms with van der Waals surface area (Å²) in [6, 6.07) is 7.89. The van der Waals surface area contributed by atoms with E-state index in [4.69, 9.17) is 0 Å². The van der Waals surface area contributed by atoms with Crippen LogP contribution in [0, 0.1) is 0 Å². The van der Waals surface area contributed by atoms with Gasteiger partial charge in [-0.2, -0.15) is 0 Å². The van der Waals surface area contributed by atoms with Gasteiger partial charge in [-0.1, -0.05) is 0 Å². The SMILES string of the molecule is CN(CCc1ccncc1)Cc1ccc(C(=O)N(C)C)[nH]1. The minimum absolute atomic E-state index is 0.000638. The molecular weight excluding hydrogens is 264 g/mol. The van der Waals surface area contributed by atoms with Crippen molar-refractivity contribution in [2.75, 3.05) is 27.7 Å². The Hall–Kier alpha value is -2.14. The fourth-order valence-electron chi connectivity index (χ4n) is 2.14. The number of nitrogens with one attached hydrogen (secondary N) is 1. The predicted octanol–water partition coefficient (Wildman–Crippen LogP) is 1.79. The van der Waals surface area contributed by atoms with Crippen LogP contribution in [0.5, 0.6) is 0 Å². The molecule has 2 aromatic rings. The highest BCUT2D eigenvalue weighted by molar-refractivity contribution is 5.92. The maximum Gasteiger partial charge on any atom is 0.269 e. The predicted molar refractivity (Wildman–Crippen MR) is 83.1 cm³/mol. The number of aromatic nitrogens is 2. The van der Waals surface area contributed by atoms with Gasteiger partial charge in [0.2, 0.25) is 0 Å². The average Bonchev–Trinajstić information content (AvgIpc) is 2.93. The van der Waals surface area contributed by atoms with E-state index in [1.54, 1.807) is 19.0 Å². The van der Waals surface area contributed by atoms with Crippen molar-refractivity contribution in [1.29, 1.82) is 0 Å². The molecule has 1 N–H and O–H groups in total. The quantitative estimate of drug-likeness (QED) is 0.881. The third-order valence-corrected chi connectivity index (χ3v) is 3.35. The molecule has 0 aliphatic rings. The first-order valence-electron chi connectivity index (χ1n) is 7.03. The molecule has 5 heteroatoms. The van der Waals surface area contributed by atoms with Gasteiger partial charge in [0.15, 0.2) is 0 Å². The lowest BCUT2D eigenvalue weighted by molar-refractivity contribution is 0.0822. The lowest BCUT2D eigenvalue weighted by atomic mass is 10.2. The van der Waals surface area contributed by atoms with Crippen LogP contribution >= 0.6 is 0 Å². The van der Waals surface area contributed by atoms with Crippen LogP contribution in [-0.2, 0) is 13.0 Å². The van der Waals surface area contributed by atoms with Crippen molar-refractivity contribution in [3.63, 3.8) is 0 Å². The van der Waals surface area contributed by atoms with Crippen molar-refractivity contribution in [3.8, 4) is 0 Å². The Balaban J connectivity index is 1.85. The third kappa shape index (κ3) is 4.43. The molecule has 0 aliphatic heterocycles. The molecule has 0 saturated carbocycles. The van der Waals surface area contributed by atoms with Crippen LogP contribution in [0.2, 0.25) is 0 Å². The molecule has 0 atom stereocenters. The summed E-state index contributed by atoms with van der Waals surface area (Å²) in [5, 5.41) is 0. The molecule has 0 unspecified atom stereocenters. The van der Waals surface area contributed by atoms with Crippen LogP contribution in [0.4, 0.5) is 0 Å². The number of H-pyrrole nitrogens is 1. The number of rotatable bonds is 6. The summed E-state index contributed by atoms with van der Waals surface area (Å²) >= 11 is 0. The van der Waals surface area contributed by atoms with E-state index in [-0.39, 0.29) is 5.91 Å². The molecule has 21 heavy (non-hydrogen) atoms. The Morgan fingerprint density at radius 2 is 1.86 bits per heavy atom. The highest BCUT2D eigenvalue weighted by Crippen LogP contribution is 2.07. The number of carbonyl (C=O) groups is 1. The summed E-state index contributed by atoms with van der Waals surface area (Å²) in [6.07, 6.45) is 4.63. The Kier molecular flexibility index (Phi) is 5.11. The summed E-state index contributed by atoms with van der Waals surface area (Å²) in [5.41, 5.74) is 2.97. The molecule has 0 aliphatic carbocycles. The zero-order chi connectivity index (χ0) is 15.2. The minimum atomic E-state index is 0.000638. The number of likely N-dealkylation sites (N-methyl/N-ethyl adjacent to an activating group) is 1. The second kappa shape index (κ2) is 7.04. The number of hydrogen-bond acceptors (Lipinski definition) is 3. The Bertz CT molecular complexity index is 577. The highest BCUT2D eigenvalue weighted by atomic mass is 16.2. The zero-order valence-corrected chi connectivity index (χ0v) is 12.8. The van der Waals surface area contributed by atoms with E-state index in [0.29, 0.717) is 5.69 Å². The van der Waals surface area contributed by atoms with Gasteiger partial charge in [-0.3, -0.25) is 9.78 Å². The summed E-state index contributed by atoms with van der Waals surface area (Å²) in [6.45, 7) is 1.76. The number of amides is 1. The minimum Gasteiger partial charge on any atom is -0.353 e. The van der Waals surface area contributed by atoms with Gasteiger partial charge in [-0.25, -0.2) is 0 Å². The van der Waals surface area contributed by atoms with Gasteiger partial charge in [0, 0.05) is 45.3 Å². The molecule has 2 heterocycles. The second-order valence-corrected chi connectivity index (χ2v) is 5.44. The van der Waals surface area contributed by atoms with Crippen LogP contribution in [0.1, 0.15) is 21.7 Å². The average molecular weight is 286 g/mol.